The number of methoxy groups -OCH3 is 1. The van der Waals surface area contributed by atoms with Gasteiger partial charge in [0, 0.05) is 19.7 Å². The molecule has 0 saturated carbocycles. The van der Waals surface area contributed by atoms with Gasteiger partial charge in [0.2, 0.25) is 0 Å². The molecule has 2 rings (SSSR count). The second-order valence-corrected chi connectivity index (χ2v) is 4.81. The minimum Gasteiger partial charge on any atom is -0.457 e. The van der Waals surface area contributed by atoms with E-state index in [2.05, 4.69) is 5.32 Å². The highest BCUT2D eigenvalue weighted by Crippen LogP contribution is 2.24. The van der Waals surface area contributed by atoms with Crippen molar-refractivity contribution in [1.29, 1.82) is 0 Å². The second-order valence-electron chi connectivity index (χ2n) is 4.81. The van der Waals surface area contributed by atoms with E-state index in [1.165, 1.54) is 17.7 Å². The zero-order valence-corrected chi connectivity index (χ0v) is 12.4. The predicted octanol–water partition coefficient (Wildman–Crippen LogP) is 3.53. The van der Waals surface area contributed by atoms with Crippen LogP contribution in [0.5, 0.6) is 11.5 Å². The van der Waals surface area contributed by atoms with Crippen molar-refractivity contribution in [2.24, 2.45) is 0 Å². The third-order valence-electron chi connectivity index (χ3n) is 3.07. The van der Waals surface area contributed by atoms with E-state index in [0.29, 0.717) is 24.7 Å². The molecule has 0 saturated heterocycles. The second kappa shape index (κ2) is 7.76. The van der Waals surface area contributed by atoms with Crippen molar-refractivity contribution >= 4 is 0 Å². The smallest absolute Gasteiger partial charge is 0.130 e. The fourth-order valence-electron chi connectivity index (χ4n) is 2.07. The van der Waals surface area contributed by atoms with Gasteiger partial charge in [0.05, 0.1) is 6.61 Å². The van der Waals surface area contributed by atoms with Gasteiger partial charge in [-0.1, -0.05) is 12.1 Å². The lowest BCUT2D eigenvalue weighted by atomic mass is 10.1. The molecule has 21 heavy (non-hydrogen) atoms. The summed E-state index contributed by atoms with van der Waals surface area (Å²) in [4.78, 5) is 0. The molecule has 112 valence electrons. The maximum absolute atomic E-state index is 13.5. The maximum atomic E-state index is 13.5. The van der Waals surface area contributed by atoms with E-state index >= 15 is 0 Å². The van der Waals surface area contributed by atoms with Crippen molar-refractivity contribution in [1.82, 2.24) is 5.32 Å². The van der Waals surface area contributed by atoms with Gasteiger partial charge in [0.15, 0.2) is 0 Å². The van der Waals surface area contributed by atoms with Gasteiger partial charge in [-0.15, -0.1) is 0 Å². The molecule has 0 radical (unpaired) electrons. The van der Waals surface area contributed by atoms with E-state index in [0.717, 1.165) is 12.0 Å². The van der Waals surface area contributed by atoms with Crippen LogP contribution in [0.15, 0.2) is 42.5 Å². The lowest BCUT2D eigenvalue weighted by Gasteiger charge is -2.09. The molecule has 2 aromatic carbocycles. The lowest BCUT2D eigenvalue weighted by molar-refractivity contribution is 0.202. The Labute approximate surface area is 124 Å². The van der Waals surface area contributed by atoms with Gasteiger partial charge in [0.25, 0.3) is 0 Å². The lowest BCUT2D eigenvalue weighted by Crippen LogP contribution is -2.05. The number of hydrogen-bond donors (Lipinski definition) is 1. The van der Waals surface area contributed by atoms with Crippen molar-refractivity contribution in [2.45, 2.75) is 13.0 Å². The molecule has 0 heterocycles. The molecule has 0 fully saturated rings. The Bertz CT molecular complexity index is 570. The summed E-state index contributed by atoms with van der Waals surface area (Å²) in [6.07, 6.45) is 0.864. The summed E-state index contributed by atoms with van der Waals surface area (Å²) in [5.74, 6) is 0.900. The number of hydrogen-bond acceptors (Lipinski definition) is 3. The molecule has 0 bridgehead atoms. The molecule has 0 amide bonds. The SMILES string of the molecule is CNCc1cc(F)cc(Oc2ccc(CCOC)cc2)c1. The average Bonchev–Trinajstić information content (AvgIpc) is 2.46. The first-order chi connectivity index (χ1) is 10.2. The van der Waals surface area contributed by atoms with E-state index in [4.69, 9.17) is 9.47 Å². The zero-order valence-electron chi connectivity index (χ0n) is 12.4. The highest BCUT2D eigenvalue weighted by molar-refractivity contribution is 5.35. The molecular formula is C17H20FNO2. The van der Waals surface area contributed by atoms with Crippen LogP contribution in [-0.2, 0) is 17.7 Å². The Morgan fingerprint density at radius 2 is 1.76 bits per heavy atom. The topological polar surface area (TPSA) is 30.5 Å². The summed E-state index contributed by atoms with van der Waals surface area (Å²) in [6.45, 7) is 1.29. The monoisotopic (exact) mass is 289 g/mol. The van der Waals surface area contributed by atoms with E-state index < -0.39 is 0 Å². The van der Waals surface area contributed by atoms with Crippen LogP contribution >= 0.6 is 0 Å². The minimum atomic E-state index is -0.297. The summed E-state index contributed by atoms with van der Waals surface area (Å²) in [5.41, 5.74) is 2.03. The summed E-state index contributed by atoms with van der Waals surface area (Å²) >= 11 is 0. The fourth-order valence-corrected chi connectivity index (χ4v) is 2.07. The summed E-state index contributed by atoms with van der Waals surface area (Å²) in [6, 6.07) is 12.5. The Morgan fingerprint density at radius 1 is 1.00 bits per heavy atom. The standard InChI is InChI=1S/C17H20FNO2/c1-19-12-14-9-15(18)11-17(10-14)21-16-5-3-13(4-6-16)7-8-20-2/h3-6,9-11,19H,7-8,12H2,1-2H3. The van der Waals surface area contributed by atoms with Gasteiger partial charge >= 0.3 is 0 Å². The van der Waals surface area contributed by atoms with E-state index in [1.54, 1.807) is 7.11 Å². The number of nitrogens with one attached hydrogen (secondary N) is 1. The predicted molar refractivity (Wildman–Crippen MR) is 81.3 cm³/mol. The quantitative estimate of drug-likeness (QED) is 0.846. The Hall–Kier alpha value is -1.91. The normalized spacial score (nSPS) is 10.6. The minimum absolute atomic E-state index is 0.297. The van der Waals surface area contributed by atoms with Crippen LogP contribution < -0.4 is 10.1 Å². The van der Waals surface area contributed by atoms with Crippen LogP contribution in [0.1, 0.15) is 11.1 Å². The van der Waals surface area contributed by atoms with Crippen LogP contribution in [-0.4, -0.2) is 20.8 Å². The number of ether oxygens (including phenoxy) is 2. The third-order valence-corrected chi connectivity index (χ3v) is 3.07. The molecule has 2 aromatic rings. The molecule has 0 atom stereocenters. The molecule has 0 aliphatic heterocycles. The van der Waals surface area contributed by atoms with Gasteiger partial charge < -0.3 is 14.8 Å². The molecule has 0 aliphatic rings. The molecule has 0 aliphatic carbocycles. The van der Waals surface area contributed by atoms with Crippen molar-refractivity contribution in [2.75, 3.05) is 20.8 Å². The summed E-state index contributed by atoms with van der Waals surface area (Å²) in [7, 11) is 3.51. The number of benzene rings is 2. The van der Waals surface area contributed by atoms with Gasteiger partial charge in [0.1, 0.15) is 17.3 Å². The summed E-state index contributed by atoms with van der Waals surface area (Å²) < 4.78 is 24.3. The Kier molecular flexibility index (Phi) is 5.72. The van der Waals surface area contributed by atoms with Crippen molar-refractivity contribution in [3.63, 3.8) is 0 Å². The van der Waals surface area contributed by atoms with Crippen LogP contribution in [0.3, 0.4) is 0 Å². The van der Waals surface area contributed by atoms with E-state index in [1.807, 2.05) is 37.4 Å². The zero-order chi connectivity index (χ0) is 15.1. The maximum Gasteiger partial charge on any atom is 0.130 e. The molecule has 4 heteroatoms. The first kappa shape index (κ1) is 15.5. The molecule has 0 spiro atoms. The number of halogens is 1. The van der Waals surface area contributed by atoms with Gasteiger partial charge in [-0.2, -0.15) is 0 Å². The van der Waals surface area contributed by atoms with Crippen molar-refractivity contribution in [3.05, 3.63) is 59.4 Å². The van der Waals surface area contributed by atoms with Crippen LogP contribution in [0.25, 0.3) is 0 Å². The van der Waals surface area contributed by atoms with Gasteiger partial charge in [-0.25, -0.2) is 4.39 Å². The van der Waals surface area contributed by atoms with E-state index in [-0.39, 0.29) is 5.82 Å². The highest BCUT2D eigenvalue weighted by atomic mass is 19.1. The van der Waals surface area contributed by atoms with Gasteiger partial charge in [-0.05, 0) is 48.9 Å². The largest absolute Gasteiger partial charge is 0.457 e. The van der Waals surface area contributed by atoms with Gasteiger partial charge in [-0.3, -0.25) is 0 Å². The van der Waals surface area contributed by atoms with Crippen molar-refractivity contribution in [3.8, 4) is 11.5 Å². The molecular weight excluding hydrogens is 269 g/mol. The molecule has 3 nitrogen and oxygen atoms in total. The Morgan fingerprint density at radius 3 is 2.43 bits per heavy atom. The first-order valence-corrected chi connectivity index (χ1v) is 6.91. The van der Waals surface area contributed by atoms with E-state index in [9.17, 15) is 4.39 Å². The molecule has 0 aromatic heterocycles. The Balaban J connectivity index is 2.07. The fraction of sp³-hybridized carbons (Fsp3) is 0.294. The van der Waals surface area contributed by atoms with Crippen LogP contribution in [0.4, 0.5) is 4.39 Å². The average molecular weight is 289 g/mol. The molecule has 1 N–H and O–H groups in total. The molecule has 0 unspecified atom stereocenters. The number of rotatable bonds is 7. The third kappa shape index (κ3) is 4.85. The summed E-state index contributed by atoms with van der Waals surface area (Å²) in [5, 5.41) is 3.00. The van der Waals surface area contributed by atoms with Crippen LogP contribution in [0.2, 0.25) is 0 Å². The first-order valence-electron chi connectivity index (χ1n) is 6.91. The van der Waals surface area contributed by atoms with Crippen LogP contribution in [0, 0.1) is 5.82 Å². The highest BCUT2D eigenvalue weighted by Gasteiger charge is 2.03. The van der Waals surface area contributed by atoms with Crippen molar-refractivity contribution < 1.29 is 13.9 Å².